The van der Waals surface area contributed by atoms with Crippen LogP contribution in [0.5, 0.6) is 0 Å². The number of benzene rings is 1. The van der Waals surface area contributed by atoms with Crippen molar-refractivity contribution in [1.82, 2.24) is 4.57 Å². The molecule has 0 aliphatic rings. The van der Waals surface area contributed by atoms with Crippen LogP contribution < -0.4 is 0 Å². The van der Waals surface area contributed by atoms with Crippen LogP contribution in [-0.2, 0) is 6.54 Å². The van der Waals surface area contributed by atoms with E-state index in [1.165, 1.54) is 17.7 Å². The van der Waals surface area contributed by atoms with Gasteiger partial charge in [0.25, 0.3) is 5.69 Å². The van der Waals surface area contributed by atoms with Crippen LogP contribution in [0.3, 0.4) is 0 Å². The SMILES string of the molecule is CC(C)=CCn1cc(C#N)c2cc([N+](=O)[O-])ccc21. The third kappa shape index (κ3) is 2.47. The first-order valence-corrected chi connectivity index (χ1v) is 5.83. The molecule has 5 heteroatoms. The van der Waals surface area contributed by atoms with E-state index in [1.807, 2.05) is 24.5 Å². The van der Waals surface area contributed by atoms with Gasteiger partial charge < -0.3 is 4.57 Å². The summed E-state index contributed by atoms with van der Waals surface area (Å²) in [7, 11) is 0. The Balaban J connectivity index is 2.60. The van der Waals surface area contributed by atoms with Crippen LogP contribution in [0.2, 0.25) is 0 Å². The third-order valence-corrected chi connectivity index (χ3v) is 2.89. The number of rotatable bonds is 3. The van der Waals surface area contributed by atoms with Gasteiger partial charge in [0.05, 0.1) is 16.0 Å². The largest absolute Gasteiger partial charge is 0.342 e. The van der Waals surface area contributed by atoms with E-state index in [1.54, 1.807) is 12.3 Å². The number of non-ortho nitro benzene ring substituents is 1. The zero-order chi connectivity index (χ0) is 14.0. The van der Waals surface area contributed by atoms with Gasteiger partial charge in [-0.1, -0.05) is 11.6 Å². The Morgan fingerprint density at radius 2 is 2.26 bits per heavy atom. The van der Waals surface area contributed by atoms with E-state index < -0.39 is 4.92 Å². The molecule has 5 nitrogen and oxygen atoms in total. The predicted octanol–water partition coefficient (Wildman–Crippen LogP) is 3.39. The normalized spacial score (nSPS) is 10.2. The molecule has 19 heavy (non-hydrogen) atoms. The Hall–Kier alpha value is -2.61. The fourth-order valence-electron chi connectivity index (χ4n) is 1.92. The van der Waals surface area contributed by atoms with Gasteiger partial charge in [-0.3, -0.25) is 10.1 Å². The minimum atomic E-state index is -0.450. The molecule has 96 valence electrons. The fraction of sp³-hybridized carbons (Fsp3) is 0.214. The Morgan fingerprint density at radius 3 is 2.84 bits per heavy atom. The summed E-state index contributed by atoms with van der Waals surface area (Å²) in [6, 6.07) is 6.68. The summed E-state index contributed by atoms with van der Waals surface area (Å²) < 4.78 is 1.92. The van der Waals surface area contributed by atoms with E-state index >= 15 is 0 Å². The van der Waals surface area contributed by atoms with E-state index in [-0.39, 0.29) is 5.69 Å². The Morgan fingerprint density at radius 1 is 1.53 bits per heavy atom. The summed E-state index contributed by atoms with van der Waals surface area (Å²) in [5, 5.41) is 20.5. The van der Waals surface area contributed by atoms with Gasteiger partial charge in [0.1, 0.15) is 6.07 Å². The third-order valence-electron chi connectivity index (χ3n) is 2.89. The van der Waals surface area contributed by atoms with Crippen molar-refractivity contribution in [2.24, 2.45) is 0 Å². The number of hydrogen-bond donors (Lipinski definition) is 0. The lowest BCUT2D eigenvalue weighted by atomic mass is 10.2. The summed E-state index contributed by atoms with van der Waals surface area (Å²) in [5.41, 5.74) is 2.48. The highest BCUT2D eigenvalue weighted by Crippen LogP contribution is 2.25. The second-order valence-corrected chi connectivity index (χ2v) is 4.55. The lowest BCUT2D eigenvalue weighted by Gasteiger charge is -2.01. The second kappa shape index (κ2) is 4.94. The second-order valence-electron chi connectivity index (χ2n) is 4.55. The minimum Gasteiger partial charge on any atom is -0.342 e. The van der Waals surface area contributed by atoms with Crippen LogP contribution in [0.1, 0.15) is 19.4 Å². The zero-order valence-electron chi connectivity index (χ0n) is 10.8. The number of aromatic nitrogens is 1. The summed E-state index contributed by atoms with van der Waals surface area (Å²) in [5.74, 6) is 0. The molecule has 0 N–H and O–H groups in total. The topological polar surface area (TPSA) is 71.9 Å². The van der Waals surface area contributed by atoms with E-state index in [0.29, 0.717) is 17.5 Å². The van der Waals surface area contributed by atoms with Crippen molar-refractivity contribution >= 4 is 16.6 Å². The lowest BCUT2D eigenvalue weighted by Crippen LogP contribution is -1.93. The van der Waals surface area contributed by atoms with E-state index in [4.69, 9.17) is 5.26 Å². The Bertz CT molecular complexity index is 716. The molecule has 0 aliphatic heterocycles. The maximum atomic E-state index is 10.8. The number of nitriles is 1. The molecular weight excluding hydrogens is 242 g/mol. The maximum absolute atomic E-state index is 10.8. The predicted molar refractivity (Wildman–Crippen MR) is 72.7 cm³/mol. The molecule has 0 fully saturated rings. The van der Waals surface area contributed by atoms with Crippen molar-refractivity contribution in [3.8, 4) is 6.07 Å². The van der Waals surface area contributed by atoms with Gasteiger partial charge >= 0.3 is 0 Å². The standard InChI is InChI=1S/C14H13N3O2/c1-10(2)5-6-16-9-11(8-15)13-7-12(17(18)19)3-4-14(13)16/h3-5,7,9H,6H2,1-2H3. The summed E-state index contributed by atoms with van der Waals surface area (Å²) in [6.45, 7) is 4.65. The summed E-state index contributed by atoms with van der Waals surface area (Å²) >= 11 is 0. The van der Waals surface area contributed by atoms with Crippen molar-refractivity contribution < 1.29 is 4.92 Å². The minimum absolute atomic E-state index is 0.00367. The molecule has 0 saturated carbocycles. The molecule has 2 rings (SSSR count). The van der Waals surface area contributed by atoms with Crippen LogP contribution in [0.25, 0.3) is 10.9 Å². The number of hydrogen-bond acceptors (Lipinski definition) is 3. The molecular formula is C14H13N3O2. The summed E-state index contributed by atoms with van der Waals surface area (Å²) in [4.78, 5) is 10.3. The molecule has 0 radical (unpaired) electrons. The first-order valence-electron chi connectivity index (χ1n) is 5.83. The molecule has 0 spiro atoms. The van der Waals surface area contributed by atoms with Gasteiger partial charge in [-0.25, -0.2) is 0 Å². The molecule has 0 amide bonds. The van der Waals surface area contributed by atoms with E-state index in [0.717, 1.165) is 5.52 Å². The smallest absolute Gasteiger partial charge is 0.270 e. The van der Waals surface area contributed by atoms with Gasteiger partial charge in [0.15, 0.2) is 0 Å². The van der Waals surface area contributed by atoms with Crippen LogP contribution in [0, 0.1) is 21.4 Å². The molecule has 1 heterocycles. The molecule has 0 bridgehead atoms. The van der Waals surface area contributed by atoms with Crippen molar-refractivity contribution in [3.05, 3.63) is 51.7 Å². The van der Waals surface area contributed by atoms with E-state index in [2.05, 4.69) is 6.07 Å². The number of nitro groups is 1. The quantitative estimate of drug-likeness (QED) is 0.479. The number of fused-ring (bicyclic) bond motifs is 1. The van der Waals surface area contributed by atoms with Crippen LogP contribution in [0.4, 0.5) is 5.69 Å². The van der Waals surface area contributed by atoms with Gasteiger partial charge in [-0.2, -0.15) is 5.26 Å². The monoisotopic (exact) mass is 255 g/mol. The lowest BCUT2D eigenvalue weighted by molar-refractivity contribution is -0.384. The first-order chi connectivity index (χ1) is 9.02. The first kappa shape index (κ1) is 12.8. The van der Waals surface area contributed by atoms with Crippen molar-refractivity contribution in [3.63, 3.8) is 0 Å². The molecule has 1 aromatic carbocycles. The molecule has 2 aromatic rings. The highest BCUT2D eigenvalue weighted by atomic mass is 16.6. The number of nitro benzene ring substituents is 1. The Kier molecular flexibility index (Phi) is 3.34. The van der Waals surface area contributed by atoms with Crippen LogP contribution in [-0.4, -0.2) is 9.49 Å². The average Bonchev–Trinajstić information content (AvgIpc) is 2.73. The van der Waals surface area contributed by atoms with E-state index in [9.17, 15) is 10.1 Å². The maximum Gasteiger partial charge on any atom is 0.270 e. The van der Waals surface area contributed by atoms with Crippen molar-refractivity contribution in [2.45, 2.75) is 20.4 Å². The van der Waals surface area contributed by atoms with Crippen molar-refractivity contribution in [1.29, 1.82) is 5.26 Å². The molecule has 0 atom stereocenters. The molecule has 1 aromatic heterocycles. The van der Waals surface area contributed by atoms with Gasteiger partial charge in [-0.05, 0) is 19.9 Å². The number of allylic oxidation sites excluding steroid dienone is 2. The number of nitrogens with zero attached hydrogens (tertiary/aromatic N) is 3. The molecule has 0 aliphatic carbocycles. The Labute approximate surface area is 110 Å². The molecule has 0 saturated heterocycles. The average molecular weight is 255 g/mol. The summed E-state index contributed by atoms with van der Waals surface area (Å²) in [6.07, 6.45) is 3.77. The zero-order valence-corrected chi connectivity index (χ0v) is 10.8. The van der Waals surface area contributed by atoms with Gasteiger partial charge in [0.2, 0.25) is 0 Å². The highest BCUT2D eigenvalue weighted by molar-refractivity contribution is 5.88. The van der Waals surface area contributed by atoms with Crippen molar-refractivity contribution in [2.75, 3.05) is 0 Å². The van der Waals surface area contributed by atoms with Gasteiger partial charge in [-0.15, -0.1) is 0 Å². The highest BCUT2D eigenvalue weighted by Gasteiger charge is 2.12. The molecule has 0 unspecified atom stereocenters. The van der Waals surface area contributed by atoms with Gasteiger partial charge in [0, 0.05) is 30.3 Å². The van der Waals surface area contributed by atoms with Crippen LogP contribution >= 0.6 is 0 Å². The fourth-order valence-corrected chi connectivity index (χ4v) is 1.92. The van der Waals surface area contributed by atoms with Crippen LogP contribution in [0.15, 0.2) is 36.0 Å².